The summed E-state index contributed by atoms with van der Waals surface area (Å²) < 4.78 is 7.44. The first-order chi connectivity index (χ1) is 29.7. The molecule has 3 nitrogen and oxygen atoms in total. The van der Waals surface area contributed by atoms with Crippen LogP contribution in [0.15, 0.2) is 188 Å². The molecule has 0 N–H and O–H groups in total. The second-order valence-electron chi connectivity index (χ2n) is 16.4. The highest BCUT2D eigenvalue weighted by Gasteiger charge is 2.30. The van der Waals surface area contributed by atoms with Crippen LogP contribution in [0.1, 0.15) is 24.1 Å². The number of nitrogens with zero attached hydrogens (tertiary/aromatic N) is 3. The van der Waals surface area contributed by atoms with Crippen molar-refractivity contribution < 1.29 is 0 Å². The lowest BCUT2D eigenvalue weighted by molar-refractivity contribution is 0.715. The largest absolute Gasteiger partial charge is 0.309 e. The third kappa shape index (κ3) is 4.92. The normalized spacial score (nSPS) is 13.8. The number of hydrogen-bond acceptors (Lipinski definition) is 2. The van der Waals surface area contributed by atoms with Gasteiger partial charge in [-0.25, -0.2) is 4.98 Å². The third-order valence-corrected chi connectivity index (χ3v) is 14.2. The van der Waals surface area contributed by atoms with Gasteiger partial charge in [-0.15, -0.1) is 11.3 Å². The van der Waals surface area contributed by atoms with Crippen LogP contribution in [0.5, 0.6) is 0 Å². The lowest BCUT2D eigenvalue weighted by Gasteiger charge is -2.23. The number of rotatable bonds is 4. The van der Waals surface area contributed by atoms with E-state index >= 15 is 0 Å². The van der Waals surface area contributed by atoms with Crippen LogP contribution >= 0.6 is 11.3 Å². The molecule has 0 fully saturated rings. The van der Waals surface area contributed by atoms with Crippen LogP contribution in [0.2, 0.25) is 0 Å². The molecule has 60 heavy (non-hydrogen) atoms. The fraction of sp³-hybridized carbons (Fsp3) is 0.0536. The highest BCUT2D eigenvalue weighted by atomic mass is 32.1. The molecule has 0 radical (unpaired) electrons. The summed E-state index contributed by atoms with van der Waals surface area (Å²) >= 11 is 1.89. The molecule has 4 heteroatoms. The van der Waals surface area contributed by atoms with Gasteiger partial charge in [0.1, 0.15) is 0 Å². The quantitative estimate of drug-likeness (QED) is 0.174. The average Bonchev–Trinajstić information content (AvgIpc) is 4.00. The number of hydrogen-bond donors (Lipinski definition) is 0. The maximum Gasteiger partial charge on any atom is 0.156 e. The van der Waals surface area contributed by atoms with Gasteiger partial charge in [0.05, 0.1) is 32.8 Å². The maximum absolute atomic E-state index is 5.55. The van der Waals surface area contributed by atoms with Gasteiger partial charge in [0.15, 0.2) is 5.65 Å². The summed E-state index contributed by atoms with van der Waals surface area (Å²) in [5, 5.41) is 7.68. The standard InChI is InChI=1S/C56H37N3S/c1-34-31-41-12-6-7-15-43(41)52-53(34)59-51(33-48-46-29-27-38-11-5-8-16-44(38)54(46)60-55(48)56(59)57-52)39-25-23-36(24-26-39)35-19-21-37(22-20-35)40-28-30-50-47(32-40)45-17-9-10-18-49(45)58(50)42-13-3-2-4-14-42/h2-30,32-34H,31H2,1H3. The fourth-order valence-electron chi connectivity index (χ4n) is 10.1. The zero-order valence-corrected chi connectivity index (χ0v) is 33.7. The average molecular weight is 784 g/mol. The van der Waals surface area contributed by atoms with Gasteiger partial charge < -0.3 is 4.57 Å². The lowest BCUT2D eigenvalue weighted by Crippen LogP contribution is -2.11. The Morgan fingerprint density at radius 2 is 1.15 bits per heavy atom. The van der Waals surface area contributed by atoms with E-state index in [2.05, 4.69) is 204 Å². The van der Waals surface area contributed by atoms with Gasteiger partial charge in [-0.2, -0.15) is 0 Å². The van der Waals surface area contributed by atoms with E-state index in [1.54, 1.807) is 0 Å². The molecule has 0 saturated carbocycles. The van der Waals surface area contributed by atoms with Crippen LogP contribution in [0.4, 0.5) is 0 Å². The van der Waals surface area contributed by atoms with Crippen LogP contribution in [0.25, 0.3) is 109 Å². The zero-order chi connectivity index (χ0) is 39.5. The molecular formula is C56H37N3S. The Hall–Kier alpha value is -7.27. The van der Waals surface area contributed by atoms with E-state index in [0.29, 0.717) is 5.92 Å². The van der Waals surface area contributed by atoms with E-state index < -0.39 is 0 Å². The summed E-state index contributed by atoms with van der Waals surface area (Å²) in [7, 11) is 0. The summed E-state index contributed by atoms with van der Waals surface area (Å²) in [6.07, 6.45) is 1.01. The number of fused-ring (bicyclic) bond motifs is 14. The summed E-state index contributed by atoms with van der Waals surface area (Å²) in [5.74, 6) is 0.331. The Labute approximate surface area is 351 Å². The van der Waals surface area contributed by atoms with Gasteiger partial charge in [0.2, 0.25) is 0 Å². The van der Waals surface area contributed by atoms with Gasteiger partial charge in [0, 0.05) is 43.4 Å². The van der Waals surface area contributed by atoms with Crippen molar-refractivity contribution >= 4 is 69.7 Å². The molecule has 282 valence electrons. The maximum atomic E-state index is 5.55. The van der Waals surface area contributed by atoms with Crippen molar-refractivity contribution in [2.75, 3.05) is 0 Å². The van der Waals surface area contributed by atoms with Gasteiger partial charge in [-0.1, -0.05) is 159 Å². The van der Waals surface area contributed by atoms with Gasteiger partial charge in [0.25, 0.3) is 0 Å². The second-order valence-corrected chi connectivity index (χ2v) is 17.4. The molecule has 1 aliphatic rings. The minimum absolute atomic E-state index is 0.331. The topological polar surface area (TPSA) is 22.2 Å². The molecule has 0 saturated heterocycles. The van der Waals surface area contributed by atoms with Gasteiger partial charge >= 0.3 is 0 Å². The molecule has 0 aliphatic heterocycles. The Morgan fingerprint density at radius 3 is 1.97 bits per heavy atom. The molecule has 1 atom stereocenters. The van der Waals surface area contributed by atoms with Crippen LogP contribution in [0.3, 0.4) is 0 Å². The van der Waals surface area contributed by atoms with Crippen LogP contribution in [0, 0.1) is 0 Å². The molecule has 4 heterocycles. The Bertz CT molecular complexity index is 3680. The summed E-state index contributed by atoms with van der Waals surface area (Å²) in [4.78, 5) is 5.55. The summed E-state index contributed by atoms with van der Waals surface area (Å²) in [6, 6.07) is 69.1. The number of benzene rings is 8. The molecule has 12 aromatic rings. The molecule has 1 unspecified atom stereocenters. The van der Waals surface area contributed by atoms with E-state index in [1.807, 2.05) is 11.3 Å². The number of thiophene rings is 1. The van der Waals surface area contributed by atoms with E-state index in [0.717, 1.165) is 17.8 Å². The Balaban J connectivity index is 0.914. The molecule has 8 aromatic carbocycles. The molecule has 0 amide bonds. The highest BCUT2D eigenvalue weighted by Crippen LogP contribution is 2.47. The second kappa shape index (κ2) is 12.9. The van der Waals surface area contributed by atoms with Crippen molar-refractivity contribution in [3.63, 3.8) is 0 Å². The zero-order valence-electron chi connectivity index (χ0n) is 32.9. The van der Waals surface area contributed by atoms with Crippen LogP contribution < -0.4 is 0 Å². The molecule has 0 bridgehead atoms. The first-order valence-electron chi connectivity index (χ1n) is 20.8. The van der Waals surface area contributed by atoms with Gasteiger partial charge in [-0.05, 0) is 87.0 Å². The van der Waals surface area contributed by atoms with Crippen molar-refractivity contribution in [3.8, 4) is 50.5 Å². The predicted octanol–water partition coefficient (Wildman–Crippen LogP) is 15.3. The molecule has 4 aromatic heterocycles. The highest BCUT2D eigenvalue weighted by molar-refractivity contribution is 7.27. The van der Waals surface area contributed by atoms with E-state index in [1.165, 1.54) is 109 Å². The number of aromatic nitrogens is 3. The van der Waals surface area contributed by atoms with E-state index in [-0.39, 0.29) is 0 Å². The minimum Gasteiger partial charge on any atom is -0.309 e. The van der Waals surface area contributed by atoms with E-state index in [9.17, 15) is 0 Å². The van der Waals surface area contributed by atoms with Gasteiger partial charge in [-0.3, -0.25) is 4.40 Å². The summed E-state index contributed by atoms with van der Waals surface area (Å²) in [5.41, 5.74) is 17.0. The first kappa shape index (κ1) is 33.7. The first-order valence-corrected chi connectivity index (χ1v) is 21.7. The van der Waals surface area contributed by atoms with E-state index in [4.69, 9.17) is 4.98 Å². The fourth-order valence-corrected chi connectivity index (χ4v) is 11.4. The van der Waals surface area contributed by atoms with Crippen LogP contribution in [-0.2, 0) is 6.42 Å². The SMILES string of the molecule is CC1Cc2ccccc2-c2nc3c4sc5c6ccccc6ccc5c4cc(-c4ccc(-c5ccc(-c6ccc7c(c6)c6ccccc6n7-c6ccccc6)cc5)cc4)n3c21. The van der Waals surface area contributed by atoms with Crippen molar-refractivity contribution in [2.45, 2.75) is 19.3 Å². The third-order valence-electron chi connectivity index (χ3n) is 12.9. The predicted molar refractivity (Wildman–Crippen MR) is 254 cm³/mol. The van der Waals surface area contributed by atoms with Crippen molar-refractivity contribution in [2.24, 2.45) is 0 Å². The molecule has 13 rings (SSSR count). The lowest BCUT2D eigenvalue weighted by atomic mass is 9.85. The number of para-hydroxylation sites is 2. The molecule has 0 spiro atoms. The van der Waals surface area contributed by atoms with Crippen molar-refractivity contribution in [3.05, 3.63) is 199 Å². The number of imidazole rings is 1. The van der Waals surface area contributed by atoms with Crippen LogP contribution in [-0.4, -0.2) is 14.0 Å². The monoisotopic (exact) mass is 783 g/mol. The number of pyridine rings is 1. The minimum atomic E-state index is 0.331. The summed E-state index contributed by atoms with van der Waals surface area (Å²) in [6.45, 7) is 2.36. The van der Waals surface area contributed by atoms with Crippen molar-refractivity contribution in [1.82, 2.24) is 14.0 Å². The Kier molecular flexibility index (Phi) is 7.22. The Morgan fingerprint density at radius 1 is 0.500 bits per heavy atom. The van der Waals surface area contributed by atoms with Crippen molar-refractivity contribution in [1.29, 1.82) is 0 Å². The molecule has 1 aliphatic carbocycles. The molecular weight excluding hydrogens is 747 g/mol. The smallest absolute Gasteiger partial charge is 0.156 e.